The molecular weight excluding hydrogens is 396 g/mol. The van der Waals surface area contributed by atoms with Crippen molar-refractivity contribution >= 4 is 33.1 Å². The monoisotopic (exact) mass is 411 g/mol. The fourth-order valence-corrected chi connectivity index (χ4v) is 4.13. The highest BCUT2D eigenvalue weighted by atomic mass is 32.1. The zero-order valence-corrected chi connectivity index (χ0v) is 16.1. The second-order valence-electron chi connectivity index (χ2n) is 6.43. The van der Waals surface area contributed by atoms with Crippen molar-refractivity contribution in [1.29, 1.82) is 0 Å². The second-order valence-corrected chi connectivity index (χ2v) is 7.64. The largest absolute Gasteiger partial charge is 0.324 e. The molecule has 5 nitrogen and oxygen atoms in total. The predicted molar refractivity (Wildman–Crippen MR) is 109 cm³/mol. The molecule has 1 N–H and O–H groups in total. The lowest BCUT2D eigenvalue weighted by atomic mass is 10.0. The van der Waals surface area contributed by atoms with Crippen LogP contribution < -0.4 is 10.9 Å². The van der Waals surface area contributed by atoms with Crippen LogP contribution in [-0.4, -0.2) is 15.5 Å². The van der Waals surface area contributed by atoms with Gasteiger partial charge in [0.05, 0.1) is 11.7 Å². The molecule has 4 aromatic rings. The van der Waals surface area contributed by atoms with E-state index in [1.165, 1.54) is 28.3 Å². The van der Waals surface area contributed by atoms with Gasteiger partial charge in [-0.25, -0.2) is 13.8 Å². The summed E-state index contributed by atoms with van der Waals surface area (Å²) in [5, 5.41) is 2.91. The summed E-state index contributed by atoms with van der Waals surface area (Å²) < 4.78 is 27.5. The Kier molecular flexibility index (Phi) is 4.94. The Morgan fingerprint density at radius 3 is 2.62 bits per heavy atom. The molecule has 0 saturated heterocycles. The Balaban J connectivity index is 1.68. The Bertz CT molecular complexity index is 1280. The first kappa shape index (κ1) is 18.9. The highest BCUT2D eigenvalue weighted by Gasteiger charge is 2.17. The maximum absolute atomic E-state index is 13.3. The Morgan fingerprint density at radius 2 is 1.90 bits per heavy atom. The molecule has 2 aromatic heterocycles. The summed E-state index contributed by atoms with van der Waals surface area (Å²) in [5.41, 5.74) is 1.48. The molecule has 2 heterocycles. The van der Waals surface area contributed by atoms with Crippen molar-refractivity contribution < 1.29 is 13.6 Å². The number of nitrogens with zero attached hydrogens (tertiary/aromatic N) is 2. The normalized spacial score (nSPS) is 11.0. The predicted octanol–water partition coefficient (Wildman–Crippen LogP) is 4.35. The Morgan fingerprint density at radius 1 is 1.14 bits per heavy atom. The van der Waals surface area contributed by atoms with Crippen molar-refractivity contribution in [3.05, 3.63) is 81.7 Å². The van der Waals surface area contributed by atoms with Gasteiger partial charge in [-0.05, 0) is 24.6 Å². The van der Waals surface area contributed by atoms with Crippen LogP contribution in [-0.2, 0) is 11.3 Å². The van der Waals surface area contributed by atoms with Gasteiger partial charge < -0.3 is 5.32 Å². The topological polar surface area (TPSA) is 64.0 Å². The molecule has 29 heavy (non-hydrogen) atoms. The molecule has 2 aromatic carbocycles. The van der Waals surface area contributed by atoms with E-state index in [4.69, 9.17) is 0 Å². The average Bonchev–Trinajstić information content (AvgIpc) is 3.04. The number of carbonyl (C=O) groups excluding carboxylic acids is 1. The van der Waals surface area contributed by atoms with Crippen molar-refractivity contribution in [2.45, 2.75) is 13.5 Å². The lowest BCUT2D eigenvalue weighted by molar-refractivity contribution is -0.116. The van der Waals surface area contributed by atoms with Crippen LogP contribution in [0.1, 0.15) is 4.88 Å². The van der Waals surface area contributed by atoms with Crippen LogP contribution >= 0.6 is 11.3 Å². The number of hydrogen-bond acceptors (Lipinski definition) is 4. The highest BCUT2D eigenvalue weighted by molar-refractivity contribution is 7.19. The number of fused-ring (bicyclic) bond motifs is 1. The third kappa shape index (κ3) is 3.66. The van der Waals surface area contributed by atoms with Crippen LogP contribution in [0.25, 0.3) is 21.3 Å². The van der Waals surface area contributed by atoms with Gasteiger partial charge >= 0.3 is 0 Å². The number of amides is 1. The average molecular weight is 411 g/mol. The molecular formula is C21H15F2N3O2S. The summed E-state index contributed by atoms with van der Waals surface area (Å²) >= 11 is 1.42. The lowest BCUT2D eigenvalue weighted by Gasteiger charge is -2.08. The third-order valence-corrected chi connectivity index (χ3v) is 5.45. The molecule has 0 bridgehead atoms. The van der Waals surface area contributed by atoms with Crippen LogP contribution in [0.15, 0.2) is 59.7 Å². The Labute approximate surface area is 168 Å². The molecule has 146 valence electrons. The van der Waals surface area contributed by atoms with E-state index >= 15 is 0 Å². The number of halogens is 2. The van der Waals surface area contributed by atoms with Gasteiger partial charge in [-0.15, -0.1) is 11.3 Å². The van der Waals surface area contributed by atoms with Crippen molar-refractivity contribution in [2.24, 2.45) is 0 Å². The zero-order valence-electron chi connectivity index (χ0n) is 15.3. The molecule has 1 amide bonds. The smallest absolute Gasteiger partial charge is 0.263 e. The maximum atomic E-state index is 13.3. The van der Waals surface area contributed by atoms with Gasteiger partial charge in [0.15, 0.2) is 11.6 Å². The molecule has 0 unspecified atom stereocenters. The van der Waals surface area contributed by atoms with Gasteiger partial charge in [0.25, 0.3) is 5.56 Å². The van der Waals surface area contributed by atoms with Crippen LogP contribution in [0, 0.1) is 18.6 Å². The SMILES string of the molecule is Cc1sc2ncn(CC(=O)Nc3ccc(F)c(F)c3)c(=O)c2c1-c1ccccc1. The van der Waals surface area contributed by atoms with Gasteiger partial charge in [0, 0.05) is 22.2 Å². The number of nitrogens with one attached hydrogen (secondary N) is 1. The van der Waals surface area contributed by atoms with Gasteiger partial charge in [0.1, 0.15) is 11.4 Å². The van der Waals surface area contributed by atoms with Crippen molar-refractivity contribution in [2.75, 3.05) is 5.32 Å². The Hall–Kier alpha value is -3.39. The first-order valence-corrected chi connectivity index (χ1v) is 9.54. The number of rotatable bonds is 4. The van der Waals surface area contributed by atoms with E-state index in [0.717, 1.165) is 28.1 Å². The summed E-state index contributed by atoms with van der Waals surface area (Å²) in [6.45, 7) is 1.62. The van der Waals surface area contributed by atoms with Crippen molar-refractivity contribution in [3.8, 4) is 11.1 Å². The molecule has 0 spiro atoms. The van der Waals surface area contributed by atoms with Gasteiger partial charge in [-0.3, -0.25) is 14.2 Å². The van der Waals surface area contributed by atoms with Crippen LogP contribution in [0.4, 0.5) is 14.5 Å². The second kappa shape index (κ2) is 7.56. The van der Waals surface area contributed by atoms with Gasteiger partial charge in [-0.2, -0.15) is 0 Å². The number of anilines is 1. The van der Waals surface area contributed by atoms with E-state index < -0.39 is 17.5 Å². The fraction of sp³-hybridized carbons (Fsp3) is 0.0952. The number of aryl methyl sites for hydroxylation is 1. The minimum absolute atomic E-state index is 0.104. The van der Waals surface area contributed by atoms with E-state index in [1.54, 1.807) is 0 Å². The molecule has 0 fully saturated rings. The number of carbonyl (C=O) groups is 1. The molecule has 0 aliphatic heterocycles. The van der Waals surface area contributed by atoms with Gasteiger partial charge in [0.2, 0.25) is 5.91 Å². The van der Waals surface area contributed by atoms with E-state index in [2.05, 4.69) is 10.3 Å². The van der Waals surface area contributed by atoms with Gasteiger partial charge in [-0.1, -0.05) is 30.3 Å². The molecule has 4 rings (SSSR count). The van der Waals surface area contributed by atoms with Crippen LogP contribution in [0.2, 0.25) is 0 Å². The van der Waals surface area contributed by atoms with Crippen LogP contribution in [0.5, 0.6) is 0 Å². The fourth-order valence-electron chi connectivity index (χ4n) is 3.13. The quantitative estimate of drug-likeness (QED) is 0.543. The summed E-state index contributed by atoms with van der Waals surface area (Å²) in [5.74, 6) is -2.62. The first-order chi connectivity index (χ1) is 13.9. The summed E-state index contributed by atoms with van der Waals surface area (Å²) in [6.07, 6.45) is 1.32. The van der Waals surface area contributed by atoms with E-state index in [-0.39, 0.29) is 17.8 Å². The summed E-state index contributed by atoms with van der Waals surface area (Å²) in [7, 11) is 0. The molecule has 8 heteroatoms. The minimum atomic E-state index is -1.07. The number of benzene rings is 2. The summed E-state index contributed by atoms with van der Waals surface area (Å²) in [4.78, 5) is 31.3. The lowest BCUT2D eigenvalue weighted by Crippen LogP contribution is -2.27. The molecule has 0 aliphatic carbocycles. The molecule has 0 saturated carbocycles. The third-order valence-electron chi connectivity index (χ3n) is 4.43. The number of hydrogen-bond donors (Lipinski definition) is 1. The molecule has 0 atom stereocenters. The van der Waals surface area contributed by atoms with Crippen molar-refractivity contribution in [1.82, 2.24) is 9.55 Å². The van der Waals surface area contributed by atoms with E-state index in [0.29, 0.717) is 10.2 Å². The molecule has 0 radical (unpaired) electrons. The highest BCUT2D eigenvalue weighted by Crippen LogP contribution is 2.35. The maximum Gasteiger partial charge on any atom is 0.263 e. The number of thiophene rings is 1. The van der Waals surface area contributed by atoms with Crippen molar-refractivity contribution in [3.63, 3.8) is 0 Å². The first-order valence-electron chi connectivity index (χ1n) is 8.73. The standard InChI is InChI=1S/C21H15F2N3O2S/c1-12-18(13-5-3-2-4-6-13)19-20(29-12)24-11-26(21(19)28)10-17(27)25-14-7-8-15(22)16(23)9-14/h2-9,11H,10H2,1H3,(H,25,27). The zero-order chi connectivity index (χ0) is 20.5. The number of aromatic nitrogens is 2. The van der Waals surface area contributed by atoms with E-state index in [9.17, 15) is 18.4 Å². The van der Waals surface area contributed by atoms with Crippen LogP contribution in [0.3, 0.4) is 0 Å². The summed E-state index contributed by atoms with van der Waals surface area (Å²) in [6, 6.07) is 12.6. The van der Waals surface area contributed by atoms with E-state index in [1.807, 2.05) is 37.3 Å². The minimum Gasteiger partial charge on any atom is -0.324 e. The molecule has 0 aliphatic rings.